The van der Waals surface area contributed by atoms with Gasteiger partial charge in [-0.15, -0.1) is 0 Å². The molecule has 6 nitrogen and oxygen atoms in total. The van der Waals surface area contributed by atoms with Crippen LogP contribution in [-0.4, -0.2) is 40.1 Å². The fourth-order valence-electron chi connectivity index (χ4n) is 1.37. The fourth-order valence-corrected chi connectivity index (χ4v) is 1.86. The van der Waals surface area contributed by atoms with Gasteiger partial charge in [0.1, 0.15) is 5.75 Å². The number of carbonyl (C=O) groups is 2. The topological polar surface area (TPSA) is 113 Å². The molecule has 1 aromatic rings. The summed E-state index contributed by atoms with van der Waals surface area (Å²) in [4.78, 5) is 22.6. The maximum absolute atomic E-state index is 11.7. The first-order chi connectivity index (χ1) is 8.95. The van der Waals surface area contributed by atoms with Gasteiger partial charge in [0.2, 0.25) is 5.91 Å². The number of hydrogen-bond donors (Lipinski definition) is 4. The molecule has 1 rings (SSSR count). The van der Waals surface area contributed by atoms with E-state index in [2.05, 4.69) is 5.32 Å². The molecule has 0 aliphatic heterocycles. The molecule has 0 aliphatic rings. The van der Waals surface area contributed by atoms with Crippen molar-refractivity contribution in [3.8, 4) is 5.75 Å². The van der Waals surface area contributed by atoms with Crippen LogP contribution >= 0.6 is 11.8 Å². The third-order valence-corrected chi connectivity index (χ3v) is 3.12. The summed E-state index contributed by atoms with van der Waals surface area (Å²) in [5.74, 6) is -1.04. The summed E-state index contributed by atoms with van der Waals surface area (Å²) >= 11 is 1.58. The number of benzene rings is 1. The van der Waals surface area contributed by atoms with Gasteiger partial charge in [0.25, 0.3) is 0 Å². The van der Waals surface area contributed by atoms with Gasteiger partial charge in [0.05, 0.1) is 17.3 Å². The Labute approximate surface area is 115 Å². The summed E-state index contributed by atoms with van der Waals surface area (Å²) in [6.07, 6.45) is 2.42. The highest BCUT2D eigenvalue weighted by molar-refractivity contribution is 7.98. The lowest BCUT2D eigenvalue weighted by Gasteiger charge is -2.13. The van der Waals surface area contributed by atoms with Crippen molar-refractivity contribution >= 4 is 29.3 Å². The first kappa shape index (κ1) is 15.3. The van der Waals surface area contributed by atoms with Gasteiger partial charge in [-0.25, -0.2) is 4.79 Å². The van der Waals surface area contributed by atoms with E-state index in [1.807, 2.05) is 6.26 Å². The highest BCUT2D eigenvalue weighted by atomic mass is 32.2. The largest absolute Gasteiger partial charge is 0.506 e. The first-order valence-corrected chi connectivity index (χ1v) is 6.96. The van der Waals surface area contributed by atoms with E-state index >= 15 is 0 Å². The molecule has 0 bridgehead atoms. The van der Waals surface area contributed by atoms with Crippen LogP contribution < -0.4 is 11.1 Å². The third-order valence-electron chi connectivity index (χ3n) is 2.47. The molecule has 0 fully saturated rings. The van der Waals surface area contributed by atoms with Crippen molar-refractivity contribution in [3.05, 3.63) is 23.8 Å². The molecule has 1 aromatic carbocycles. The highest BCUT2D eigenvalue weighted by Gasteiger charge is 2.16. The number of thioether (sulfide) groups is 1. The number of nitrogens with one attached hydrogen (secondary N) is 1. The van der Waals surface area contributed by atoms with Crippen LogP contribution in [0.5, 0.6) is 5.75 Å². The molecule has 0 saturated heterocycles. The zero-order chi connectivity index (χ0) is 14.4. The van der Waals surface area contributed by atoms with Crippen LogP contribution in [0.15, 0.2) is 18.2 Å². The van der Waals surface area contributed by atoms with Gasteiger partial charge < -0.3 is 21.3 Å². The number of anilines is 1. The Morgan fingerprint density at radius 1 is 1.47 bits per heavy atom. The normalized spacial score (nSPS) is 11.9. The van der Waals surface area contributed by atoms with Crippen LogP contribution in [0.1, 0.15) is 16.8 Å². The summed E-state index contributed by atoms with van der Waals surface area (Å²) in [6.45, 7) is 0. The third kappa shape index (κ3) is 4.46. The van der Waals surface area contributed by atoms with Crippen LogP contribution in [-0.2, 0) is 4.79 Å². The Hall–Kier alpha value is -1.73. The number of carboxylic acid groups (broad SMARTS) is 1. The zero-order valence-electron chi connectivity index (χ0n) is 10.4. The monoisotopic (exact) mass is 284 g/mol. The lowest BCUT2D eigenvalue weighted by Crippen LogP contribution is -2.36. The molecule has 1 amide bonds. The number of aromatic carboxylic acids is 1. The van der Waals surface area contributed by atoms with E-state index in [1.54, 1.807) is 11.8 Å². The van der Waals surface area contributed by atoms with Crippen LogP contribution in [0.25, 0.3) is 0 Å². The first-order valence-electron chi connectivity index (χ1n) is 5.57. The quantitative estimate of drug-likeness (QED) is 0.582. The summed E-state index contributed by atoms with van der Waals surface area (Å²) in [5.41, 5.74) is 5.70. The Kier molecular flexibility index (Phi) is 5.65. The molecule has 0 saturated carbocycles. The van der Waals surface area contributed by atoms with E-state index < -0.39 is 17.9 Å². The second-order valence-electron chi connectivity index (χ2n) is 3.91. The molecular formula is C12H16N2O4S. The average molecular weight is 284 g/mol. The van der Waals surface area contributed by atoms with Gasteiger partial charge in [-0.1, -0.05) is 0 Å². The van der Waals surface area contributed by atoms with Gasteiger partial charge in [-0.3, -0.25) is 4.79 Å². The van der Waals surface area contributed by atoms with Crippen molar-refractivity contribution in [1.29, 1.82) is 0 Å². The van der Waals surface area contributed by atoms with Gasteiger partial charge in [0.15, 0.2) is 0 Å². The van der Waals surface area contributed by atoms with E-state index in [-0.39, 0.29) is 17.0 Å². The number of aromatic hydroxyl groups is 1. The minimum atomic E-state index is -1.14. The molecule has 0 radical (unpaired) electrons. The smallest absolute Gasteiger partial charge is 0.335 e. The molecule has 19 heavy (non-hydrogen) atoms. The molecule has 0 aliphatic carbocycles. The Bertz CT molecular complexity index is 479. The van der Waals surface area contributed by atoms with Gasteiger partial charge in [0, 0.05) is 0 Å². The number of hydrogen-bond acceptors (Lipinski definition) is 5. The molecule has 104 valence electrons. The fraction of sp³-hybridized carbons (Fsp3) is 0.333. The van der Waals surface area contributed by atoms with Crippen molar-refractivity contribution in [2.24, 2.45) is 5.73 Å². The molecule has 0 unspecified atom stereocenters. The second-order valence-corrected chi connectivity index (χ2v) is 4.90. The van der Waals surface area contributed by atoms with Crippen molar-refractivity contribution in [1.82, 2.24) is 0 Å². The number of carbonyl (C=O) groups excluding carboxylic acids is 1. The molecule has 1 atom stereocenters. The standard InChI is InChI=1S/C12H16N2O4S/c1-19-5-4-8(13)11(16)14-9-6-7(12(17)18)2-3-10(9)15/h2-3,6,8,15H,4-5,13H2,1H3,(H,14,16)(H,17,18)/t8-/m1/s1. The summed E-state index contributed by atoms with van der Waals surface area (Å²) < 4.78 is 0. The Balaban J connectivity index is 2.78. The molecule has 7 heteroatoms. The summed E-state index contributed by atoms with van der Waals surface area (Å²) in [6, 6.07) is 2.96. The van der Waals surface area contributed by atoms with E-state index in [9.17, 15) is 14.7 Å². The number of rotatable bonds is 6. The number of phenols is 1. The lowest BCUT2D eigenvalue weighted by molar-refractivity contribution is -0.117. The molecule has 0 aromatic heterocycles. The van der Waals surface area contributed by atoms with Gasteiger partial charge in [-0.2, -0.15) is 11.8 Å². The maximum Gasteiger partial charge on any atom is 0.335 e. The van der Waals surface area contributed by atoms with E-state index in [1.165, 1.54) is 18.2 Å². The molecule has 5 N–H and O–H groups in total. The van der Waals surface area contributed by atoms with Crippen LogP contribution in [0, 0.1) is 0 Å². The Morgan fingerprint density at radius 3 is 2.74 bits per heavy atom. The van der Waals surface area contributed by atoms with Crippen LogP contribution in [0.4, 0.5) is 5.69 Å². The summed E-state index contributed by atoms with van der Waals surface area (Å²) in [5, 5.41) is 20.8. The van der Waals surface area contributed by atoms with Crippen molar-refractivity contribution < 1.29 is 19.8 Å². The van der Waals surface area contributed by atoms with Gasteiger partial charge in [-0.05, 0) is 36.6 Å². The van der Waals surface area contributed by atoms with Crippen LogP contribution in [0.3, 0.4) is 0 Å². The van der Waals surface area contributed by atoms with E-state index in [0.717, 1.165) is 5.75 Å². The number of phenolic OH excluding ortho intramolecular Hbond substituents is 1. The van der Waals surface area contributed by atoms with Crippen molar-refractivity contribution in [2.45, 2.75) is 12.5 Å². The molecule has 0 heterocycles. The average Bonchev–Trinajstić information content (AvgIpc) is 2.38. The molecule has 0 spiro atoms. The predicted octanol–water partition coefficient (Wildman–Crippen LogP) is 1.11. The number of amides is 1. The van der Waals surface area contributed by atoms with Crippen molar-refractivity contribution in [3.63, 3.8) is 0 Å². The van der Waals surface area contributed by atoms with Crippen molar-refractivity contribution in [2.75, 3.05) is 17.3 Å². The minimum absolute atomic E-state index is 0.0224. The van der Waals surface area contributed by atoms with E-state index in [4.69, 9.17) is 10.8 Å². The number of nitrogens with two attached hydrogens (primary N) is 1. The minimum Gasteiger partial charge on any atom is -0.506 e. The van der Waals surface area contributed by atoms with Crippen LogP contribution in [0.2, 0.25) is 0 Å². The number of carboxylic acids is 1. The molecular weight excluding hydrogens is 268 g/mol. The lowest BCUT2D eigenvalue weighted by atomic mass is 10.1. The zero-order valence-corrected chi connectivity index (χ0v) is 11.2. The highest BCUT2D eigenvalue weighted by Crippen LogP contribution is 2.24. The Morgan fingerprint density at radius 2 is 2.16 bits per heavy atom. The predicted molar refractivity (Wildman–Crippen MR) is 74.7 cm³/mol. The second kappa shape index (κ2) is 7.01. The van der Waals surface area contributed by atoms with Gasteiger partial charge >= 0.3 is 5.97 Å². The summed E-state index contributed by atoms with van der Waals surface area (Å²) in [7, 11) is 0. The maximum atomic E-state index is 11.7. The SMILES string of the molecule is CSCC[C@@H](N)C(=O)Nc1cc(C(=O)O)ccc1O. The van der Waals surface area contributed by atoms with E-state index in [0.29, 0.717) is 6.42 Å².